The lowest BCUT2D eigenvalue weighted by Gasteiger charge is -2.24. The van der Waals surface area contributed by atoms with Crippen LogP contribution in [0.1, 0.15) is 41.1 Å². The molecule has 7 nitrogen and oxygen atoms in total. The molecule has 2 aromatic carbocycles. The van der Waals surface area contributed by atoms with Gasteiger partial charge in [0.25, 0.3) is 0 Å². The lowest BCUT2D eigenvalue weighted by Crippen LogP contribution is -2.23. The van der Waals surface area contributed by atoms with Crippen molar-refractivity contribution in [3.63, 3.8) is 0 Å². The van der Waals surface area contributed by atoms with Crippen LogP contribution >= 0.6 is 11.3 Å². The zero-order valence-corrected chi connectivity index (χ0v) is 21.4. The van der Waals surface area contributed by atoms with E-state index in [0.717, 1.165) is 29.0 Å². The number of carbonyl (C=O) groups is 1. The molecule has 198 valence electrons. The second-order valence-electron chi connectivity index (χ2n) is 8.60. The summed E-state index contributed by atoms with van der Waals surface area (Å²) in [6.07, 6.45) is -3.08. The van der Waals surface area contributed by atoms with Crippen molar-refractivity contribution in [1.82, 2.24) is 9.88 Å². The van der Waals surface area contributed by atoms with Gasteiger partial charge in [-0.25, -0.2) is 17.8 Å². The zero-order chi connectivity index (χ0) is 27.0. The number of carbonyl (C=O) groups excluding carboxylic acids is 1. The predicted molar refractivity (Wildman–Crippen MR) is 129 cm³/mol. The zero-order valence-electron chi connectivity index (χ0n) is 19.8. The average molecular weight is 558 g/mol. The van der Waals surface area contributed by atoms with E-state index in [-0.39, 0.29) is 35.4 Å². The smallest absolute Gasteiger partial charge is 0.406 e. The maximum Gasteiger partial charge on any atom is 0.573 e. The molecule has 0 bridgehead atoms. The number of benzene rings is 2. The lowest BCUT2D eigenvalue weighted by molar-refractivity contribution is -0.274. The molecule has 0 fully saturated rings. The standard InChI is InChI=1S/C24H23F4N3O4S2/c1-3-19-22-20(13-31(19)12-15-6-7-16(11-18(15)25)35-24(26,27)28)36-23(30-22)29-21(32)10-14-4-8-17(9-5-14)37(2,33)34/h4-9,11,19H,3,10,12-13H2,1-2H3,(H,29,30,32)/t19-/m1/s1. The highest BCUT2D eigenvalue weighted by molar-refractivity contribution is 7.90. The Morgan fingerprint density at radius 2 is 1.92 bits per heavy atom. The van der Waals surface area contributed by atoms with Crippen LogP contribution in [-0.4, -0.2) is 36.8 Å². The normalized spacial score (nSPS) is 16.0. The van der Waals surface area contributed by atoms with Gasteiger partial charge >= 0.3 is 6.36 Å². The molecule has 0 saturated heterocycles. The Morgan fingerprint density at radius 3 is 2.51 bits per heavy atom. The van der Waals surface area contributed by atoms with Gasteiger partial charge in [-0.15, -0.1) is 24.5 Å². The Kier molecular flexibility index (Phi) is 7.58. The van der Waals surface area contributed by atoms with Crippen LogP contribution in [0.25, 0.3) is 0 Å². The van der Waals surface area contributed by atoms with Crippen LogP contribution in [0.5, 0.6) is 5.75 Å². The maximum atomic E-state index is 14.5. The first-order valence-corrected chi connectivity index (χ1v) is 13.9. The molecule has 3 aromatic rings. The molecule has 37 heavy (non-hydrogen) atoms. The van der Waals surface area contributed by atoms with Crippen molar-refractivity contribution in [2.75, 3.05) is 11.6 Å². The number of nitrogens with zero attached hydrogens (tertiary/aromatic N) is 2. The Hall–Kier alpha value is -3.03. The first-order valence-electron chi connectivity index (χ1n) is 11.2. The molecular weight excluding hydrogens is 534 g/mol. The van der Waals surface area contributed by atoms with Gasteiger partial charge in [0.1, 0.15) is 11.6 Å². The van der Waals surface area contributed by atoms with E-state index in [2.05, 4.69) is 15.0 Å². The number of anilines is 1. The number of aromatic nitrogens is 1. The molecule has 1 atom stereocenters. The monoisotopic (exact) mass is 557 g/mol. The van der Waals surface area contributed by atoms with Crippen LogP contribution in [0.4, 0.5) is 22.7 Å². The molecule has 1 aromatic heterocycles. The van der Waals surface area contributed by atoms with Gasteiger partial charge in [0.15, 0.2) is 15.0 Å². The number of ether oxygens (including phenoxy) is 1. The van der Waals surface area contributed by atoms with Gasteiger partial charge in [-0.2, -0.15) is 0 Å². The minimum atomic E-state index is -4.90. The van der Waals surface area contributed by atoms with Crippen LogP contribution in [-0.2, 0) is 34.1 Å². The molecule has 1 aliphatic rings. The van der Waals surface area contributed by atoms with Crippen LogP contribution < -0.4 is 10.1 Å². The van der Waals surface area contributed by atoms with Gasteiger partial charge in [0.05, 0.1) is 23.1 Å². The number of thiazole rings is 1. The van der Waals surface area contributed by atoms with E-state index >= 15 is 0 Å². The van der Waals surface area contributed by atoms with Crippen molar-refractivity contribution in [1.29, 1.82) is 0 Å². The molecule has 2 heterocycles. The summed E-state index contributed by atoms with van der Waals surface area (Å²) in [5, 5.41) is 3.20. The summed E-state index contributed by atoms with van der Waals surface area (Å²) in [6.45, 7) is 2.57. The summed E-state index contributed by atoms with van der Waals surface area (Å²) in [5.41, 5.74) is 1.66. The Labute approximate surface area is 215 Å². The van der Waals surface area contributed by atoms with Gasteiger partial charge in [0.2, 0.25) is 5.91 Å². The minimum Gasteiger partial charge on any atom is -0.406 e. The average Bonchev–Trinajstić information content (AvgIpc) is 3.30. The highest BCUT2D eigenvalue weighted by Gasteiger charge is 2.34. The molecule has 0 radical (unpaired) electrons. The number of nitrogens with one attached hydrogen (secondary N) is 1. The van der Waals surface area contributed by atoms with Crippen LogP contribution in [0.2, 0.25) is 0 Å². The SMILES string of the molecule is CC[C@@H]1c2nc(NC(=O)Cc3ccc(S(C)(=O)=O)cc3)sc2CN1Cc1ccc(OC(F)(F)F)cc1F. The van der Waals surface area contributed by atoms with Gasteiger partial charge in [0, 0.05) is 35.9 Å². The van der Waals surface area contributed by atoms with Gasteiger partial charge in [-0.05, 0) is 30.2 Å². The van der Waals surface area contributed by atoms with Crippen LogP contribution in [0, 0.1) is 5.82 Å². The van der Waals surface area contributed by atoms with E-state index < -0.39 is 27.8 Å². The number of sulfone groups is 1. The number of halogens is 4. The van der Waals surface area contributed by atoms with Crippen molar-refractivity contribution in [3.05, 3.63) is 70.0 Å². The highest BCUT2D eigenvalue weighted by Crippen LogP contribution is 2.41. The van der Waals surface area contributed by atoms with Crippen molar-refractivity contribution in [3.8, 4) is 5.75 Å². The molecule has 1 aliphatic heterocycles. The largest absolute Gasteiger partial charge is 0.573 e. The van der Waals surface area contributed by atoms with E-state index in [1.165, 1.54) is 29.5 Å². The summed E-state index contributed by atoms with van der Waals surface area (Å²) in [6, 6.07) is 9.01. The summed E-state index contributed by atoms with van der Waals surface area (Å²) < 4.78 is 78.5. The summed E-state index contributed by atoms with van der Waals surface area (Å²) in [5.74, 6) is -1.71. The first kappa shape index (κ1) is 27.0. The third-order valence-corrected chi connectivity index (χ3v) is 7.91. The fourth-order valence-corrected chi connectivity index (χ4v) is 5.84. The molecule has 0 spiro atoms. The Morgan fingerprint density at radius 1 is 1.22 bits per heavy atom. The van der Waals surface area contributed by atoms with Crippen molar-refractivity contribution < 1.29 is 35.5 Å². The Bertz CT molecular complexity index is 1410. The van der Waals surface area contributed by atoms with Crippen molar-refractivity contribution in [2.45, 2.75) is 50.2 Å². The lowest BCUT2D eigenvalue weighted by atomic mass is 10.1. The van der Waals surface area contributed by atoms with Gasteiger partial charge < -0.3 is 10.1 Å². The molecule has 13 heteroatoms. The molecule has 0 aliphatic carbocycles. The second-order valence-corrected chi connectivity index (χ2v) is 11.7. The van der Waals surface area contributed by atoms with E-state index in [4.69, 9.17) is 0 Å². The summed E-state index contributed by atoms with van der Waals surface area (Å²) in [7, 11) is -3.32. The maximum absolute atomic E-state index is 14.5. The first-order chi connectivity index (χ1) is 17.3. The fraction of sp³-hybridized carbons (Fsp3) is 0.333. The molecular formula is C24H23F4N3O4S2. The van der Waals surface area contributed by atoms with E-state index in [9.17, 15) is 30.8 Å². The van der Waals surface area contributed by atoms with E-state index in [0.29, 0.717) is 23.7 Å². The summed E-state index contributed by atoms with van der Waals surface area (Å²) in [4.78, 5) is 20.1. The second kappa shape index (κ2) is 10.4. The van der Waals surface area contributed by atoms with Crippen molar-refractivity contribution >= 4 is 32.2 Å². The molecule has 0 saturated carbocycles. The van der Waals surface area contributed by atoms with E-state index in [1.807, 2.05) is 11.8 Å². The topological polar surface area (TPSA) is 88.6 Å². The van der Waals surface area contributed by atoms with Gasteiger partial charge in [-0.3, -0.25) is 9.69 Å². The fourth-order valence-electron chi connectivity index (χ4n) is 4.15. The third-order valence-electron chi connectivity index (χ3n) is 5.81. The van der Waals surface area contributed by atoms with Crippen molar-refractivity contribution in [2.24, 2.45) is 0 Å². The number of alkyl halides is 3. The Balaban J connectivity index is 1.39. The third kappa shape index (κ3) is 6.65. The number of rotatable bonds is 8. The quantitative estimate of drug-likeness (QED) is 0.382. The van der Waals surface area contributed by atoms with Gasteiger partial charge in [-0.1, -0.05) is 25.1 Å². The highest BCUT2D eigenvalue weighted by atomic mass is 32.2. The number of amides is 1. The molecule has 1 N–H and O–H groups in total. The summed E-state index contributed by atoms with van der Waals surface area (Å²) >= 11 is 1.31. The van der Waals surface area contributed by atoms with Crippen LogP contribution in [0.3, 0.4) is 0 Å². The number of hydrogen-bond donors (Lipinski definition) is 1. The number of fused-ring (bicyclic) bond motifs is 1. The predicted octanol–water partition coefficient (Wildman–Crippen LogP) is 5.23. The molecule has 4 rings (SSSR count). The molecule has 0 unspecified atom stereocenters. The number of hydrogen-bond acceptors (Lipinski definition) is 7. The van der Waals surface area contributed by atoms with E-state index in [1.54, 1.807) is 12.1 Å². The molecule has 1 amide bonds. The van der Waals surface area contributed by atoms with Crippen LogP contribution in [0.15, 0.2) is 47.4 Å². The minimum absolute atomic E-state index is 0.0466.